The topological polar surface area (TPSA) is 105 Å². The standard InChI is InChI=1S/C16H19N3O5S/c1-17-13(20)8-19(2)14(21)9-24-15(22)7-12-16(23)18-10-5-3-4-6-11(10)25-12/h3-6,12H,7-9H2,1-2H3,(H,17,20)(H,18,23)/t12-/m1/s1. The lowest BCUT2D eigenvalue weighted by molar-refractivity contribution is -0.152. The Morgan fingerprint density at radius 3 is 2.76 bits per heavy atom. The molecule has 1 aromatic carbocycles. The molecule has 1 aliphatic rings. The highest BCUT2D eigenvalue weighted by atomic mass is 32.2. The molecular weight excluding hydrogens is 346 g/mol. The number of carbonyl (C=O) groups is 4. The van der Waals surface area contributed by atoms with Crippen molar-refractivity contribution < 1.29 is 23.9 Å². The first-order chi connectivity index (χ1) is 11.9. The van der Waals surface area contributed by atoms with Gasteiger partial charge in [-0.2, -0.15) is 0 Å². The van der Waals surface area contributed by atoms with Crippen LogP contribution in [0.1, 0.15) is 6.42 Å². The van der Waals surface area contributed by atoms with Crippen LogP contribution in [0.5, 0.6) is 0 Å². The minimum atomic E-state index is -0.645. The van der Waals surface area contributed by atoms with Crippen LogP contribution in [-0.2, 0) is 23.9 Å². The lowest BCUT2D eigenvalue weighted by Gasteiger charge is -2.23. The van der Waals surface area contributed by atoms with Crippen LogP contribution in [0.4, 0.5) is 5.69 Å². The number of hydrogen-bond acceptors (Lipinski definition) is 6. The molecule has 0 bridgehead atoms. The lowest BCUT2D eigenvalue weighted by atomic mass is 10.2. The normalized spacial score (nSPS) is 15.6. The van der Waals surface area contributed by atoms with Crippen molar-refractivity contribution in [1.29, 1.82) is 0 Å². The molecule has 9 heteroatoms. The fourth-order valence-electron chi connectivity index (χ4n) is 2.07. The summed E-state index contributed by atoms with van der Waals surface area (Å²) >= 11 is 1.28. The number of hydrogen-bond donors (Lipinski definition) is 2. The number of fused-ring (bicyclic) bond motifs is 1. The number of nitrogens with one attached hydrogen (secondary N) is 2. The van der Waals surface area contributed by atoms with Crippen LogP contribution >= 0.6 is 11.8 Å². The Bertz CT molecular complexity index is 694. The Morgan fingerprint density at radius 2 is 2.04 bits per heavy atom. The molecule has 0 unspecified atom stereocenters. The third-order valence-corrected chi connectivity index (χ3v) is 4.78. The summed E-state index contributed by atoms with van der Waals surface area (Å²) in [5.41, 5.74) is 0.716. The van der Waals surface area contributed by atoms with Crippen LogP contribution < -0.4 is 10.6 Å². The Labute approximate surface area is 149 Å². The number of nitrogens with zero attached hydrogens (tertiary/aromatic N) is 1. The van der Waals surface area contributed by atoms with Crippen molar-refractivity contribution >= 4 is 41.1 Å². The van der Waals surface area contributed by atoms with Gasteiger partial charge in [-0.05, 0) is 12.1 Å². The van der Waals surface area contributed by atoms with Gasteiger partial charge in [0.05, 0.1) is 23.9 Å². The summed E-state index contributed by atoms with van der Waals surface area (Å²) in [7, 11) is 2.90. The zero-order valence-corrected chi connectivity index (χ0v) is 14.7. The van der Waals surface area contributed by atoms with Gasteiger partial charge in [-0.15, -0.1) is 11.8 Å². The lowest BCUT2D eigenvalue weighted by Crippen LogP contribution is -2.39. The van der Waals surface area contributed by atoms with Crippen molar-refractivity contribution in [3.05, 3.63) is 24.3 Å². The van der Waals surface area contributed by atoms with Gasteiger partial charge in [-0.1, -0.05) is 12.1 Å². The molecule has 1 heterocycles. The second kappa shape index (κ2) is 8.52. The number of anilines is 1. The van der Waals surface area contributed by atoms with Crippen LogP contribution in [0.3, 0.4) is 0 Å². The summed E-state index contributed by atoms with van der Waals surface area (Å²) in [6, 6.07) is 7.31. The molecule has 3 amide bonds. The second-order valence-corrected chi connectivity index (χ2v) is 6.62. The molecule has 1 atom stereocenters. The van der Waals surface area contributed by atoms with Crippen molar-refractivity contribution in [2.75, 3.05) is 32.6 Å². The van der Waals surface area contributed by atoms with Gasteiger partial charge in [0.25, 0.3) is 5.91 Å². The quantitative estimate of drug-likeness (QED) is 0.700. The molecule has 0 fully saturated rings. The second-order valence-electron chi connectivity index (χ2n) is 5.38. The number of para-hydroxylation sites is 1. The minimum absolute atomic E-state index is 0.120. The number of esters is 1. The maximum absolute atomic E-state index is 12.0. The van der Waals surface area contributed by atoms with Crippen LogP contribution in [0.25, 0.3) is 0 Å². The van der Waals surface area contributed by atoms with Crippen molar-refractivity contribution in [3.63, 3.8) is 0 Å². The summed E-state index contributed by atoms with van der Waals surface area (Å²) in [5, 5.41) is 4.52. The van der Waals surface area contributed by atoms with Crippen molar-refractivity contribution in [2.45, 2.75) is 16.6 Å². The van der Waals surface area contributed by atoms with E-state index in [1.807, 2.05) is 18.2 Å². The van der Waals surface area contributed by atoms with Crippen molar-refractivity contribution in [1.82, 2.24) is 10.2 Å². The molecule has 25 heavy (non-hydrogen) atoms. The van der Waals surface area contributed by atoms with Gasteiger partial charge in [-0.3, -0.25) is 19.2 Å². The average molecular weight is 365 g/mol. The zero-order valence-electron chi connectivity index (χ0n) is 13.9. The predicted molar refractivity (Wildman–Crippen MR) is 92.0 cm³/mol. The van der Waals surface area contributed by atoms with E-state index in [0.717, 1.165) is 9.80 Å². The maximum atomic E-state index is 12.0. The zero-order chi connectivity index (χ0) is 18.4. The Morgan fingerprint density at radius 1 is 1.32 bits per heavy atom. The first-order valence-corrected chi connectivity index (χ1v) is 8.45. The van der Waals surface area contributed by atoms with Crippen LogP contribution in [0, 0.1) is 0 Å². The number of ether oxygens (including phenoxy) is 1. The number of benzene rings is 1. The van der Waals surface area contributed by atoms with Gasteiger partial charge in [0, 0.05) is 19.0 Å². The molecule has 134 valence electrons. The van der Waals surface area contributed by atoms with Gasteiger partial charge in [0.2, 0.25) is 11.8 Å². The number of rotatable bonds is 6. The monoisotopic (exact) mass is 365 g/mol. The van der Waals surface area contributed by atoms with E-state index in [4.69, 9.17) is 4.74 Å². The van der Waals surface area contributed by atoms with Gasteiger partial charge in [0.1, 0.15) is 0 Å². The fourth-order valence-corrected chi connectivity index (χ4v) is 3.17. The van der Waals surface area contributed by atoms with E-state index >= 15 is 0 Å². The number of thioether (sulfide) groups is 1. The molecule has 0 saturated carbocycles. The Kier molecular flexibility index (Phi) is 6.40. The Hall–Kier alpha value is -2.55. The van der Waals surface area contributed by atoms with Gasteiger partial charge < -0.3 is 20.3 Å². The molecule has 2 rings (SSSR count). The SMILES string of the molecule is CNC(=O)CN(C)C(=O)COC(=O)C[C@H]1Sc2ccccc2NC1=O. The number of likely N-dealkylation sites (N-methyl/N-ethyl adjacent to an activating group) is 2. The molecular formula is C16H19N3O5S. The van der Waals surface area contributed by atoms with E-state index in [1.54, 1.807) is 6.07 Å². The molecule has 1 aliphatic heterocycles. The van der Waals surface area contributed by atoms with E-state index in [-0.39, 0.29) is 24.8 Å². The summed E-state index contributed by atoms with van der Waals surface area (Å²) in [4.78, 5) is 49.0. The van der Waals surface area contributed by atoms with Crippen LogP contribution in [0.15, 0.2) is 29.2 Å². The number of carbonyl (C=O) groups excluding carboxylic acids is 4. The number of amides is 3. The molecule has 0 saturated heterocycles. The first-order valence-electron chi connectivity index (χ1n) is 7.57. The fraction of sp³-hybridized carbons (Fsp3) is 0.375. The van der Waals surface area contributed by atoms with Gasteiger partial charge >= 0.3 is 5.97 Å². The highest BCUT2D eigenvalue weighted by Gasteiger charge is 2.29. The largest absolute Gasteiger partial charge is 0.456 e. The summed E-state index contributed by atoms with van der Waals surface area (Å²) in [5.74, 6) is -1.74. The van der Waals surface area contributed by atoms with E-state index in [1.165, 1.54) is 25.9 Å². The smallest absolute Gasteiger partial charge is 0.307 e. The van der Waals surface area contributed by atoms with Crippen molar-refractivity contribution in [3.8, 4) is 0 Å². The molecule has 0 spiro atoms. The minimum Gasteiger partial charge on any atom is -0.456 e. The first kappa shape index (κ1) is 18.8. The van der Waals surface area contributed by atoms with Crippen LogP contribution in [-0.4, -0.2) is 61.1 Å². The van der Waals surface area contributed by atoms with E-state index in [2.05, 4.69) is 10.6 Å². The summed E-state index contributed by atoms with van der Waals surface area (Å²) < 4.78 is 4.92. The highest BCUT2D eigenvalue weighted by molar-refractivity contribution is 8.01. The van der Waals surface area contributed by atoms with Gasteiger partial charge in [-0.25, -0.2) is 0 Å². The highest BCUT2D eigenvalue weighted by Crippen LogP contribution is 2.36. The average Bonchev–Trinajstić information content (AvgIpc) is 2.60. The van der Waals surface area contributed by atoms with E-state index < -0.39 is 23.7 Å². The third kappa shape index (κ3) is 5.21. The molecule has 2 N–H and O–H groups in total. The molecule has 8 nitrogen and oxygen atoms in total. The van der Waals surface area contributed by atoms with Gasteiger partial charge in [0.15, 0.2) is 6.61 Å². The van der Waals surface area contributed by atoms with Crippen molar-refractivity contribution in [2.24, 2.45) is 0 Å². The van der Waals surface area contributed by atoms with Crippen LogP contribution in [0.2, 0.25) is 0 Å². The Balaban J connectivity index is 1.81. The maximum Gasteiger partial charge on any atom is 0.307 e. The molecule has 1 aromatic rings. The summed E-state index contributed by atoms with van der Waals surface area (Å²) in [6.45, 7) is -0.591. The molecule has 0 radical (unpaired) electrons. The predicted octanol–water partition coefficient (Wildman–Crippen LogP) is 0.237. The summed E-state index contributed by atoms with van der Waals surface area (Å²) in [6.07, 6.45) is -0.142. The molecule has 0 aliphatic carbocycles. The van der Waals surface area contributed by atoms with E-state index in [0.29, 0.717) is 5.69 Å². The van der Waals surface area contributed by atoms with E-state index in [9.17, 15) is 19.2 Å². The third-order valence-electron chi connectivity index (χ3n) is 3.50. The molecule has 0 aromatic heterocycles.